The molecular formula is C16H14BrNO3. The minimum atomic E-state index is -0.408. The van der Waals surface area contributed by atoms with Crippen LogP contribution in [0.5, 0.6) is 0 Å². The second-order valence-electron chi connectivity index (χ2n) is 4.46. The summed E-state index contributed by atoms with van der Waals surface area (Å²) in [6.07, 6.45) is 0. The van der Waals surface area contributed by atoms with Crippen molar-refractivity contribution >= 4 is 33.5 Å². The van der Waals surface area contributed by atoms with Crippen LogP contribution in [0.4, 0.5) is 5.69 Å². The van der Waals surface area contributed by atoms with Gasteiger partial charge in [-0.2, -0.15) is 0 Å². The van der Waals surface area contributed by atoms with Crippen LogP contribution in [0, 0.1) is 6.92 Å². The van der Waals surface area contributed by atoms with E-state index < -0.39 is 5.97 Å². The van der Waals surface area contributed by atoms with E-state index in [1.54, 1.807) is 30.3 Å². The van der Waals surface area contributed by atoms with Gasteiger partial charge in [0.15, 0.2) is 0 Å². The number of aryl methyl sites for hydroxylation is 1. The number of carbonyl (C=O) groups excluding carboxylic acids is 2. The molecule has 0 radical (unpaired) electrons. The summed E-state index contributed by atoms with van der Waals surface area (Å²) < 4.78 is 5.39. The van der Waals surface area contributed by atoms with Crippen LogP contribution in [0.25, 0.3) is 0 Å². The number of hydrogen-bond donors (Lipinski definition) is 1. The number of halogens is 1. The molecule has 21 heavy (non-hydrogen) atoms. The number of hydrogen-bond acceptors (Lipinski definition) is 3. The molecule has 0 aliphatic carbocycles. The van der Waals surface area contributed by atoms with Crippen molar-refractivity contribution in [2.75, 3.05) is 12.4 Å². The number of rotatable bonds is 3. The topological polar surface area (TPSA) is 55.4 Å². The molecule has 0 fully saturated rings. The summed E-state index contributed by atoms with van der Waals surface area (Å²) in [7, 11) is 1.33. The van der Waals surface area contributed by atoms with Crippen LogP contribution in [0.15, 0.2) is 46.9 Å². The summed E-state index contributed by atoms with van der Waals surface area (Å²) >= 11 is 3.41. The van der Waals surface area contributed by atoms with Crippen molar-refractivity contribution in [3.63, 3.8) is 0 Å². The molecule has 2 rings (SSSR count). The molecule has 0 aliphatic rings. The first kappa shape index (κ1) is 15.3. The predicted octanol–water partition coefficient (Wildman–Crippen LogP) is 3.80. The Hall–Kier alpha value is -2.14. The van der Waals surface area contributed by atoms with Crippen LogP contribution in [0.2, 0.25) is 0 Å². The van der Waals surface area contributed by atoms with E-state index in [0.717, 1.165) is 10.0 Å². The maximum Gasteiger partial charge on any atom is 0.337 e. The van der Waals surface area contributed by atoms with E-state index in [1.165, 1.54) is 7.11 Å². The zero-order valence-electron chi connectivity index (χ0n) is 11.6. The molecule has 0 spiro atoms. The van der Waals surface area contributed by atoms with Gasteiger partial charge in [-0.05, 0) is 58.7 Å². The molecule has 0 bridgehead atoms. The van der Waals surface area contributed by atoms with Crippen molar-refractivity contribution in [2.24, 2.45) is 0 Å². The third kappa shape index (κ3) is 3.49. The summed E-state index contributed by atoms with van der Waals surface area (Å²) in [5.74, 6) is -0.620. The fraction of sp³-hybridized carbons (Fsp3) is 0.125. The van der Waals surface area contributed by atoms with Gasteiger partial charge in [-0.1, -0.05) is 12.1 Å². The molecule has 0 saturated heterocycles. The first-order valence-corrected chi connectivity index (χ1v) is 7.07. The van der Waals surface area contributed by atoms with Gasteiger partial charge in [-0.15, -0.1) is 0 Å². The van der Waals surface area contributed by atoms with Gasteiger partial charge in [0, 0.05) is 10.2 Å². The van der Waals surface area contributed by atoms with Crippen LogP contribution < -0.4 is 5.32 Å². The van der Waals surface area contributed by atoms with Crippen molar-refractivity contribution in [1.82, 2.24) is 0 Å². The van der Waals surface area contributed by atoms with Crippen molar-refractivity contribution in [3.05, 3.63) is 63.6 Å². The van der Waals surface area contributed by atoms with Gasteiger partial charge >= 0.3 is 5.97 Å². The fourth-order valence-electron chi connectivity index (χ4n) is 1.83. The monoisotopic (exact) mass is 347 g/mol. The Morgan fingerprint density at radius 1 is 1.10 bits per heavy atom. The lowest BCUT2D eigenvalue weighted by molar-refractivity contribution is 0.0600. The number of methoxy groups -OCH3 is 1. The molecule has 0 atom stereocenters. The Morgan fingerprint density at radius 3 is 2.38 bits per heavy atom. The molecule has 2 aromatic rings. The quantitative estimate of drug-likeness (QED) is 0.859. The number of esters is 1. The summed E-state index contributed by atoms with van der Waals surface area (Å²) in [5.41, 5.74) is 2.60. The molecular weight excluding hydrogens is 334 g/mol. The minimum Gasteiger partial charge on any atom is -0.465 e. The summed E-state index contributed by atoms with van der Waals surface area (Å²) in [4.78, 5) is 23.6. The first-order chi connectivity index (χ1) is 10.0. The van der Waals surface area contributed by atoms with Crippen LogP contribution >= 0.6 is 15.9 Å². The standard InChI is InChI=1S/C16H14BrNO3/c1-10-4-3-5-13(14(10)17)15(19)18-12-8-6-11(7-9-12)16(20)21-2/h3-9H,1-2H3,(H,18,19). The average Bonchev–Trinajstić information content (AvgIpc) is 2.50. The van der Waals surface area contributed by atoms with E-state index in [-0.39, 0.29) is 5.91 Å². The lowest BCUT2D eigenvalue weighted by atomic mass is 10.1. The highest BCUT2D eigenvalue weighted by molar-refractivity contribution is 9.10. The zero-order valence-corrected chi connectivity index (χ0v) is 13.2. The number of amides is 1. The van der Waals surface area contributed by atoms with Crippen molar-refractivity contribution < 1.29 is 14.3 Å². The number of anilines is 1. The number of carbonyl (C=O) groups is 2. The maximum absolute atomic E-state index is 12.2. The van der Waals surface area contributed by atoms with Gasteiger partial charge in [-0.25, -0.2) is 4.79 Å². The fourth-order valence-corrected chi connectivity index (χ4v) is 2.27. The Bertz CT molecular complexity index is 680. The second kappa shape index (κ2) is 6.54. The van der Waals surface area contributed by atoms with Gasteiger partial charge in [0.1, 0.15) is 0 Å². The highest BCUT2D eigenvalue weighted by atomic mass is 79.9. The molecule has 1 amide bonds. The minimum absolute atomic E-state index is 0.212. The van der Waals surface area contributed by atoms with Crippen LogP contribution in [-0.2, 0) is 4.74 Å². The maximum atomic E-state index is 12.2. The Balaban J connectivity index is 2.16. The van der Waals surface area contributed by atoms with Gasteiger partial charge in [0.25, 0.3) is 5.91 Å². The zero-order chi connectivity index (χ0) is 15.4. The van der Waals surface area contributed by atoms with E-state index in [2.05, 4.69) is 26.0 Å². The second-order valence-corrected chi connectivity index (χ2v) is 5.25. The molecule has 0 aliphatic heterocycles. The van der Waals surface area contributed by atoms with Crippen molar-refractivity contribution in [3.8, 4) is 0 Å². The molecule has 0 aromatic heterocycles. The predicted molar refractivity (Wildman–Crippen MR) is 84.6 cm³/mol. The molecule has 0 unspecified atom stereocenters. The Kier molecular flexibility index (Phi) is 4.75. The molecule has 0 heterocycles. The van der Waals surface area contributed by atoms with Gasteiger partial charge in [-0.3, -0.25) is 4.79 Å². The Labute approximate surface area is 131 Å². The van der Waals surface area contributed by atoms with Crippen LogP contribution in [0.3, 0.4) is 0 Å². The van der Waals surface area contributed by atoms with Crippen LogP contribution in [-0.4, -0.2) is 19.0 Å². The van der Waals surface area contributed by atoms with E-state index >= 15 is 0 Å². The lowest BCUT2D eigenvalue weighted by Gasteiger charge is -2.09. The van der Waals surface area contributed by atoms with E-state index in [4.69, 9.17) is 0 Å². The number of ether oxygens (including phenoxy) is 1. The van der Waals surface area contributed by atoms with Crippen molar-refractivity contribution in [2.45, 2.75) is 6.92 Å². The molecule has 1 N–H and O–H groups in total. The molecule has 108 valence electrons. The molecule has 2 aromatic carbocycles. The largest absolute Gasteiger partial charge is 0.465 e. The SMILES string of the molecule is COC(=O)c1ccc(NC(=O)c2cccc(C)c2Br)cc1. The number of nitrogens with one attached hydrogen (secondary N) is 1. The van der Waals surface area contributed by atoms with E-state index in [0.29, 0.717) is 16.8 Å². The van der Waals surface area contributed by atoms with Crippen LogP contribution in [0.1, 0.15) is 26.3 Å². The number of benzene rings is 2. The van der Waals surface area contributed by atoms with Gasteiger partial charge < -0.3 is 10.1 Å². The third-order valence-corrected chi connectivity index (χ3v) is 4.05. The smallest absolute Gasteiger partial charge is 0.337 e. The van der Waals surface area contributed by atoms with Gasteiger partial charge in [0.2, 0.25) is 0 Å². The third-order valence-electron chi connectivity index (χ3n) is 3.00. The summed E-state index contributed by atoms with van der Waals surface area (Å²) in [5, 5.41) is 2.79. The normalized spacial score (nSPS) is 10.0. The average molecular weight is 348 g/mol. The lowest BCUT2D eigenvalue weighted by Crippen LogP contribution is -2.13. The van der Waals surface area contributed by atoms with E-state index in [9.17, 15) is 9.59 Å². The summed E-state index contributed by atoms with van der Waals surface area (Å²) in [6, 6.07) is 12.0. The van der Waals surface area contributed by atoms with Gasteiger partial charge in [0.05, 0.1) is 18.2 Å². The molecule has 4 nitrogen and oxygen atoms in total. The molecule has 5 heteroatoms. The Morgan fingerprint density at radius 2 is 1.76 bits per heavy atom. The van der Waals surface area contributed by atoms with E-state index in [1.807, 2.05) is 19.1 Å². The summed E-state index contributed by atoms with van der Waals surface area (Å²) in [6.45, 7) is 1.92. The highest BCUT2D eigenvalue weighted by Crippen LogP contribution is 2.22. The first-order valence-electron chi connectivity index (χ1n) is 6.27. The highest BCUT2D eigenvalue weighted by Gasteiger charge is 2.12. The molecule has 0 saturated carbocycles. The van der Waals surface area contributed by atoms with Crippen molar-refractivity contribution in [1.29, 1.82) is 0 Å².